The number of halogens is 3. The van der Waals surface area contributed by atoms with Crippen molar-refractivity contribution in [2.75, 3.05) is 26.2 Å². The average Bonchev–Trinajstić information content (AvgIpc) is 2.70. The first-order valence-corrected chi connectivity index (χ1v) is 10.9. The van der Waals surface area contributed by atoms with Crippen LogP contribution in [0.15, 0.2) is 53.6 Å². The van der Waals surface area contributed by atoms with Gasteiger partial charge in [-0.25, -0.2) is 17.2 Å². The molecule has 2 aromatic carbocycles. The molecule has 0 saturated carbocycles. The van der Waals surface area contributed by atoms with E-state index in [1.807, 2.05) is 24.3 Å². The first-order chi connectivity index (χ1) is 13.9. The second kappa shape index (κ2) is 7.95. The van der Waals surface area contributed by atoms with Crippen LogP contribution in [-0.4, -0.2) is 48.8 Å². The highest BCUT2D eigenvalue weighted by molar-refractivity contribution is 7.89. The van der Waals surface area contributed by atoms with Crippen molar-refractivity contribution in [1.82, 2.24) is 14.2 Å². The van der Waals surface area contributed by atoms with Crippen molar-refractivity contribution in [1.29, 1.82) is 0 Å². The molecule has 0 N–H and O–H groups in total. The molecule has 5 nitrogen and oxygen atoms in total. The number of pyridine rings is 1. The van der Waals surface area contributed by atoms with Crippen molar-refractivity contribution < 1.29 is 17.2 Å². The van der Waals surface area contributed by atoms with Gasteiger partial charge in [0.25, 0.3) is 0 Å². The topological polar surface area (TPSA) is 53.5 Å². The molecule has 1 aliphatic heterocycles. The zero-order valence-electron chi connectivity index (χ0n) is 15.4. The SMILES string of the molecule is O=S(=O)(c1c(F)cccc1F)N1CCN(Cc2ccc(Cl)c3cccnc23)CC1. The molecule has 1 fully saturated rings. The van der Waals surface area contributed by atoms with Crippen LogP contribution in [0.2, 0.25) is 5.02 Å². The van der Waals surface area contributed by atoms with Crippen molar-refractivity contribution in [2.24, 2.45) is 0 Å². The maximum absolute atomic E-state index is 14.0. The highest BCUT2D eigenvalue weighted by atomic mass is 35.5. The zero-order chi connectivity index (χ0) is 20.6. The van der Waals surface area contributed by atoms with E-state index in [2.05, 4.69) is 9.88 Å². The first kappa shape index (κ1) is 20.2. The lowest BCUT2D eigenvalue weighted by atomic mass is 10.1. The van der Waals surface area contributed by atoms with Gasteiger partial charge in [0.1, 0.15) is 11.6 Å². The summed E-state index contributed by atoms with van der Waals surface area (Å²) in [7, 11) is -4.23. The molecular formula is C20H18ClF2N3O2S. The summed E-state index contributed by atoms with van der Waals surface area (Å²) in [5.41, 5.74) is 1.80. The van der Waals surface area contributed by atoms with Crippen LogP contribution in [0, 0.1) is 11.6 Å². The van der Waals surface area contributed by atoms with Crippen LogP contribution in [-0.2, 0) is 16.6 Å². The Morgan fingerprint density at radius 3 is 2.34 bits per heavy atom. The Kier molecular flexibility index (Phi) is 5.52. The van der Waals surface area contributed by atoms with Gasteiger partial charge in [-0.3, -0.25) is 9.88 Å². The molecule has 0 atom stereocenters. The fourth-order valence-corrected chi connectivity index (χ4v) is 5.30. The van der Waals surface area contributed by atoms with E-state index in [0.717, 1.165) is 39.0 Å². The fraction of sp³-hybridized carbons (Fsp3) is 0.250. The molecule has 4 rings (SSSR count). The Balaban J connectivity index is 1.50. The Morgan fingerprint density at radius 1 is 0.966 bits per heavy atom. The average molecular weight is 438 g/mol. The van der Waals surface area contributed by atoms with Gasteiger partial charge in [-0.15, -0.1) is 0 Å². The van der Waals surface area contributed by atoms with Gasteiger partial charge in [-0.1, -0.05) is 23.7 Å². The van der Waals surface area contributed by atoms with Crippen molar-refractivity contribution in [3.63, 3.8) is 0 Å². The van der Waals surface area contributed by atoms with E-state index in [1.54, 1.807) is 6.20 Å². The molecule has 0 bridgehead atoms. The van der Waals surface area contributed by atoms with Gasteiger partial charge in [0.2, 0.25) is 10.0 Å². The molecule has 0 spiro atoms. The highest BCUT2D eigenvalue weighted by Crippen LogP contribution is 2.27. The van der Waals surface area contributed by atoms with Crippen molar-refractivity contribution in [2.45, 2.75) is 11.4 Å². The minimum atomic E-state index is -4.23. The molecule has 152 valence electrons. The first-order valence-electron chi connectivity index (χ1n) is 9.06. The van der Waals surface area contributed by atoms with Gasteiger partial charge in [-0.05, 0) is 35.9 Å². The number of aromatic nitrogens is 1. The lowest BCUT2D eigenvalue weighted by molar-refractivity contribution is 0.181. The summed E-state index contributed by atoms with van der Waals surface area (Å²) in [5, 5.41) is 1.49. The van der Waals surface area contributed by atoms with Crippen LogP contribution in [0.5, 0.6) is 0 Å². The highest BCUT2D eigenvalue weighted by Gasteiger charge is 2.33. The molecule has 29 heavy (non-hydrogen) atoms. The van der Waals surface area contributed by atoms with Gasteiger partial charge in [0.05, 0.1) is 5.52 Å². The van der Waals surface area contributed by atoms with E-state index >= 15 is 0 Å². The Hall–Kier alpha value is -2.13. The van der Waals surface area contributed by atoms with Gasteiger partial charge in [0, 0.05) is 49.3 Å². The summed E-state index contributed by atoms with van der Waals surface area (Å²) in [4.78, 5) is 5.62. The van der Waals surface area contributed by atoms with Gasteiger partial charge < -0.3 is 0 Å². The normalized spacial score (nSPS) is 16.4. The van der Waals surface area contributed by atoms with E-state index in [-0.39, 0.29) is 13.1 Å². The van der Waals surface area contributed by atoms with E-state index in [1.165, 1.54) is 0 Å². The fourth-order valence-electron chi connectivity index (χ4n) is 3.55. The van der Waals surface area contributed by atoms with Gasteiger partial charge in [-0.2, -0.15) is 4.31 Å². The number of benzene rings is 2. The van der Waals surface area contributed by atoms with Crippen molar-refractivity contribution >= 4 is 32.5 Å². The third-order valence-electron chi connectivity index (χ3n) is 5.04. The van der Waals surface area contributed by atoms with Gasteiger partial charge >= 0.3 is 0 Å². The van der Waals surface area contributed by atoms with Crippen molar-refractivity contribution in [3.05, 3.63) is 70.9 Å². The Bertz CT molecular complexity index is 1150. The monoisotopic (exact) mass is 437 g/mol. The van der Waals surface area contributed by atoms with Crippen LogP contribution in [0.1, 0.15) is 5.56 Å². The molecule has 0 unspecified atom stereocenters. The van der Waals surface area contributed by atoms with Crippen LogP contribution in [0.3, 0.4) is 0 Å². The molecule has 1 saturated heterocycles. The maximum Gasteiger partial charge on any atom is 0.249 e. The van der Waals surface area contributed by atoms with Crippen molar-refractivity contribution in [3.8, 4) is 0 Å². The van der Waals surface area contributed by atoms with Crippen LogP contribution in [0.25, 0.3) is 10.9 Å². The number of hydrogen-bond donors (Lipinski definition) is 0. The number of fused-ring (bicyclic) bond motifs is 1. The Morgan fingerprint density at radius 2 is 1.66 bits per heavy atom. The summed E-state index contributed by atoms with van der Waals surface area (Å²) in [6, 6.07) is 10.5. The van der Waals surface area contributed by atoms with Gasteiger partial charge in [0.15, 0.2) is 4.90 Å². The predicted molar refractivity (Wildman–Crippen MR) is 107 cm³/mol. The summed E-state index contributed by atoms with van der Waals surface area (Å²) in [5.74, 6) is -2.16. The van der Waals surface area contributed by atoms with E-state index in [9.17, 15) is 17.2 Å². The number of hydrogen-bond acceptors (Lipinski definition) is 4. The number of nitrogens with zero attached hydrogens (tertiary/aromatic N) is 3. The zero-order valence-corrected chi connectivity index (χ0v) is 16.9. The second-order valence-electron chi connectivity index (χ2n) is 6.84. The molecule has 1 aliphatic rings. The molecule has 3 aromatic rings. The smallest absolute Gasteiger partial charge is 0.249 e. The summed E-state index contributed by atoms with van der Waals surface area (Å²) in [6.45, 7) is 1.75. The minimum Gasteiger partial charge on any atom is -0.296 e. The molecular weight excluding hydrogens is 420 g/mol. The lowest BCUT2D eigenvalue weighted by Gasteiger charge is -2.34. The summed E-state index contributed by atoms with van der Waals surface area (Å²) >= 11 is 6.24. The molecule has 9 heteroatoms. The molecule has 0 amide bonds. The largest absolute Gasteiger partial charge is 0.296 e. The third-order valence-corrected chi connectivity index (χ3v) is 7.32. The third kappa shape index (κ3) is 3.85. The molecule has 0 radical (unpaired) electrons. The van der Waals surface area contributed by atoms with Crippen LogP contribution >= 0.6 is 11.6 Å². The number of rotatable bonds is 4. The van der Waals surface area contributed by atoms with Crippen LogP contribution in [0.4, 0.5) is 8.78 Å². The molecule has 1 aromatic heterocycles. The Labute approximate surface area is 172 Å². The second-order valence-corrected chi connectivity index (χ2v) is 9.12. The molecule has 2 heterocycles. The standard InChI is InChI=1S/C20H18ClF2N3O2S/c21-16-7-6-14(19-15(16)3-2-8-24-19)13-25-9-11-26(12-10-25)29(27,28)20-17(22)4-1-5-18(20)23/h1-8H,9-13H2. The van der Waals surface area contributed by atoms with E-state index in [4.69, 9.17) is 11.6 Å². The summed E-state index contributed by atoms with van der Waals surface area (Å²) < 4.78 is 54.5. The summed E-state index contributed by atoms with van der Waals surface area (Å²) in [6.07, 6.45) is 1.70. The predicted octanol–water partition coefficient (Wildman–Crippen LogP) is 3.67. The minimum absolute atomic E-state index is 0.148. The number of piperazine rings is 1. The van der Waals surface area contributed by atoms with Crippen LogP contribution < -0.4 is 0 Å². The maximum atomic E-state index is 14.0. The lowest BCUT2D eigenvalue weighted by Crippen LogP contribution is -2.48. The number of sulfonamides is 1. The van der Waals surface area contributed by atoms with E-state index in [0.29, 0.717) is 24.7 Å². The molecule has 0 aliphatic carbocycles. The quantitative estimate of drug-likeness (QED) is 0.625. The van der Waals surface area contributed by atoms with E-state index < -0.39 is 26.6 Å².